The quantitative estimate of drug-likeness (QED) is 0.931. The average Bonchev–Trinajstić information content (AvgIpc) is 2.83. The Balaban J connectivity index is 2.23. The van der Waals surface area contributed by atoms with E-state index in [9.17, 15) is 9.50 Å². The summed E-state index contributed by atoms with van der Waals surface area (Å²) in [5.74, 6) is -0.308. The van der Waals surface area contributed by atoms with Gasteiger partial charge in [0.05, 0.1) is 24.3 Å². The molecule has 1 atom stereocenters. The van der Waals surface area contributed by atoms with Gasteiger partial charge >= 0.3 is 0 Å². The predicted octanol–water partition coefficient (Wildman–Crippen LogP) is 3.64. The number of hydrogen-bond acceptors (Lipinski definition) is 2. The van der Waals surface area contributed by atoms with Gasteiger partial charge in [0.15, 0.2) is 0 Å². The van der Waals surface area contributed by atoms with E-state index in [0.29, 0.717) is 11.3 Å². The van der Waals surface area contributed by atoms with Gasteiger partial charge in [-0.3, -0.25) is 0 Å². The number of rotatable bonds is 4. The fourth-order valence-electron chi connectivity index (χ4n) is 2.02. The molecule has 2 aromatic rings. The third-order valence-corrected chi connectivity index (χ3v) is 3.51. The van der Waals surface area contributed by atoms with E-state index >= 15 is 0 Å². The SMILES string of the molecule is CC(C)n1cncc1C(O)Cc1cc(Br)ccc1F. The summed E-state index contributed by atoms with van der Waals surface area (Å²) in [6, 6.07) is 4.93. The highest BCUT2D eigenvalue weighted by Gasteiger charge is 2.17. The van der Waals surface area contributed by atoms with Crippen LogP contribution in [0.3, 0.4) is 0 Å². The normalized spacial score (nSPS) is 12.9. The summed E-state index contributed by atoms with van der Waals surface area (Å²) in [6.07, 6.45) is 2.76. The van der Waals surface area contributed by atoms with E-state index < -0.39 is 6.10 Å². The molecule has 0 spiro atoms. The van der Waals surface area contributed by atoms with Crippen molar-refractivity contribution in [2.45, 2.75) is 32.4 Å². The summed E-state index contributed by atoms with van der Waals surface area (Å²) in [4.78, 5) is 4.05. The minimum atomic E-state index is -0.770. The van der Waals surface area contributed by atoms with Gasteiger partial charge in [-0.2, -0.15) is 0 Å². The first-order chi connectivity index (χ1) is 8.99. The minimum Gasteiger partial charge on any atom is -0.386 e. The van der Waals surface area contributed by atoms with Crippen LogP contribution in [0.4, 0.5) is 4.39 Å². The standard InChI is InChI=1S/C14H16BrFN2O/c1-9(2)18-8-17-7-13(18)14(19)6-10-5-11(15)3-4-12(10)16/h3-5,7-9,14,19H,6H2,1-2H3. The molecule has 0 saturated heterocycles. The number of imidazole rings is 1. The van der Waals surface area contributed by atoms with Crippen LogP contribution in [0.2, 0.25) is 0 Å². The molecule has 1 aromatic heterocycles. The van der Waals surface area contributed by atoms with Crippen molar-refractivity contribution in [3.8, 4) is 0 Å². The first-order valence-corrected chi connectivity index (χ1v) is 6.92. The molecule has 0 aliphatic rings. The lowest BCUT2D eigenvalue weighted by Gasteiger charge is -2.17. The van der Waals surface area contributed by atoms with Crippen LogP contribution >= 0.6 is 15.9 Å². The summed E-state index contributed by atoms with van der Waals surface area (Å²) >= 11 is 3.31. The van der Waals surface area contributed by atoms with E-state index in [2.05, 4.69) is 20.9 Å². The van der Waals surface area contributed by atoms with Crippen LogP contribution in [0, 0.1) is 5.82 Å². The van der Waals surface area contributed by atoms with E-state index in [1.54, 1.807) is 24.7 Å². The Labute approximate surface area is 120 Å². The lowest BCUT2D eigenvalue weighted by molar-refractivity contribution is 0.166. The van der Waals surface area contributed by atoms with Crippen LogP contribution in [-0.4, -0.2) is 14.7 Å². The van der Waals surface area contributed by atoms with Crippen molar-refractivity contribution in [2.24, 2.45) is 0 Å². The van der Waals surface area contributed by atoms with Gasteiger partial charge in [0.1, 0.15) is 5.82 Å². The predicted molar refractivity (Wildman–Crippen MR) is 75.4 cm³/mol. The number of nitrogens with zero attached hydrogens (tertiary/aromatic N) is 2. The second-order valence-electron chi connectivity index (χ2n) is 4.78. The molecule has 0 aliphatic heterocycles. The summed E-state index contributed by atoms with van der Waals surface area (Å²) in [6.45, 7) is 4.02. The summed E-state index contributed by atoms with van der Waals surface area (Å²) in [7, 11) is 0. The summed E-state index contributed by atoms with van der Waals surface area (Å²) in [5, 5.41) is 10.3. The van der Waals surface area contributed by atoms with Crippen molar-refractivity contribution in [3.63, 3.8) is 0 Å². The Kier molecular flexibility index (Phi) is 4.37. The Bertz CT molecular complexity index is 568. The Morgan fingerprint density at radius 1 is 1.42 bits per heavy atom. The van der Waals surface area contributed by atoms with E-state index in [-0.39, 0.29) is 18.3 Å². The van der Waals surface area contributed by atoms with Gasteiger partial charge in [-0.05, 0) is 37.6 Å². The zero-order valence-corrected chi connectivity index (χ0v) is 12.4. The Morgan fingerprint density at radius 2 is 2.16 bits per heavy atom. The van der Waals surface area contributed by atoms with Gasteiger partial charge in [-0.1, -0.05) is 15.9 Å². The number of benzene rings is 1. The van der Waals surface area contributed by atoms with Crippen molar-refractivity contribution in [1.29, 1.82) is 0 Å². The van der Waals surface area contributed by atoms with Gasteiger partial charge in [0.2, 0.25) is 0 Å². The number of aliphatic hydroxyl groups is 1. The summed E-state index contributed by atoms with van der Waals surface area (Å²) in [5.41, 5.74) is 1.19. The maximum atomic E-state index is 13.7. The van der Waals surface area contributed by atoms with Crippen molar-refractivity contribution in [2.75, 3.05) is 0 Å². The number of halogens is 2. The minimum absolute atomic E-state index is 0.208. The Morgan fingerprint density at radius 3 is 2.84 bits per heavy atom. The average molecular weight is 327 g/mol. The van der Waals surface area contributed by atoms with Crippen molar-refractivity contribution < 1.29 is 9.50 Å². The molecule has 102 valence electrons. The fourth-order valence-corrected chi connectivity index (χ4v) is 2.43. The second-order valence-corrected chi connectivity index (χ2v) is 5.69. The third kappa shape index (κ3) is 3.22. The number of aliphatic hydroxyl groups excluding tert-OH is 1. The first-order valence-electron chi connectivity index (χ1n) is 6.12. The number of hydrogen-bond donors (Lipinski definition) is 1. The van der Waals surface area contributed by atoms with Crippen LogP contribution in [-0.2, 0) is 6.42 Å². The fraction of sp³-hybridized carbons (Fsp3) is 0.357. The highest BCUT2D eigenvalue weighted by Crippen LogP contribution is 2.24. The van der Waals surface area contributed by atoms with Crippen LogP contribution in [0.1, 0.15) is 37.3 Å². The van der Waals surface area contributed by atoms with Gasteiger partial charge in [-0.15, -0.1) is 0 Å². The molecule has 0 fully saturated rings. The van der Waals surface area contributed by atoms with Crippen LogP contribution < -0.4 is 0 Å². The molecule has 1 unspecified atom stereocenters. The molecule has 1 N–H and O–H groups in total. The molecular weight excluding hydrogens is 311 g/mol. The van der Waals surface area contributed by atoms with Crippen molar-refractivity contribution >= 4 is 15.9 Å². The molecule has 0 saturated carbocycles. The summed E-state index contributed by atoms with van der Waals surface area (Å²) < 4.78 is 16.4. The van der Waals surface area contributed by atoms with E-state index in [1.165, 1.54) is 6.07 Å². The van der Waals surface area contributed by atoms with Crippen LogP contribution in [0.15, 0.2) is 35.2 Å². The van der Waals surface area contributed by atoms with E-state index in [1.807, 2.05) is 18.4 Å². The zero-order chi connectivity index (χ0) is 14.0. The molecule has 1 heterocycles. The van der Waals surface area contributed by atoms with Gasteiger partial charge in [0.25, 0.3) is 0 Å². The topological polar surface area (TPSA) is 38.0 Å². The molecule has 2 rings (SSSR count). The first kappa shape index (κ1) is 14.2. The van der Waals surface area contributed by atoms with Crippen molar-refractivity contribution in [3.05, 3.63) is 52.3 Å². The third-order valence-electron chi connectivity index (χ3n) is 3.01. The lowest BCUT2D eigenvalue weighted by Crippen LogP contribution is -2.11. The molecule has 19 heavy (non-hydrogen) atoms. The molecule has 0 amide bonds. The zero-order valence-electron chi connectivity index (χ0n) is 10.8. The maximum absolute atomic E-state index is 13.7. The van der Waals surface area contributed by atoms with Crippen LogP contribution in [0.5, 0.6) is 0 Å². The molecule has 0 bridgehead atoms. The molecular formula is C14H16BrFN2O. The molecule has 1 aromatic carbocycles. The molecule has 3 nitrogen and oxygen atoms in total. The Hall–Kier alpha value is -1.20. The number of aromatic nitrogens is 2. The van der Waals surface area contributed by atoms with Crippen LogP contribution in [0.25, 0.3) is 0 Å². The molecule has 0 aliphatic carbocycles. The smallest absolute Gasteiger partial charge is 0.126 e. The van der Waals surface area contributed by atoms with E-state index in [4.69, 9.17) is 0 Å². The molecule has 5 heteroatoms. The second kappa shape index (κ2) is 5.84. The maximum Gasteiger partial charge on any atom is 0.126 e. The monoisotopic (exact) mass is 326 g/mol. The molecule has 0 radical (unpaired) electrons. The lowest BCUT2D eigenvalue weighted by atomic mass is 10.1. The van der Waals surface area contributed by atoms with Crippen molar-refractivity contribution in [1.82, 2.24) is 9.55 Å². The highest BCUT2D eigenvalue weighted by atomic mass is 79.9. The van der Waals surface area contributed by atoms with Gasteiger partial charge in [-0.25, -0.2) is 9.37 Å². The van der Waals surface area contributed by atoms with Gasteiger partial charge < -0.3 is 9.67 Å². The van der Waals surface area contributed by atoms with Gasteiger partial charge in [0, 0.05) is 16.9 Å². The van der Waals surface area contributed by atoms with E-state index in [0.717, 1.165) is 4.47 Å². The highest BCUT2D eigenvalue weighted by molar-refractivity contribution is 9.10. The largest absolute Gasteiger partial charge is 0.386 e.